The van der Waals surface area contributed by atoms with Gasteiger partial charge < -0.3 is 15.2 Å². The Hall–Kier alpha value is -3.40. The lowest BCUT2D eigenvalue weighted by Crippen LogP contribution is -2.36. The number of rotatable bonds is 8. The highest BCUT2D eigenvalue weighted by molar-refractivity contribution is 14.1. The molecule has 180 valence electrons. The minimum absolute atomic E-state index is 0.0504. The molecule has 0 saturated carbocycles. The summed E-state index contributed by atoms with van der Waals surface area (Å²) in [7, 11) is 0. The summed E-state index contributed by atoms with van der Waals surface area (Å²) in [4.78, 5) is 36.3. The number of amides is 2. The number of fused-ring (bicyclic) bond motifs is 3. The van der Waals surface area contributed by atoms with E-state index in [1.165, 1.54) is 0 Å². The Bertz CT molecular complexity index is 1230. The van der Waals surface area contributed by atoms with Gasteiger partial charge >= 0.3 is 12.1 Å². The van der Waals surface area contributed by atoms with E-state index in [1.807, 2.05) is 31.2 Å². The number of anilines is 1. The molecule has 0 fully saturated rings. The molecule has 7 nitrogen and oxygen atoms in total. The van der Waals surface area contributed by atoms with Gasteiger partial charge in [-0.15, -0.1) is 0 Å². The van der Waals surface area contributed by atoms with E-state index in [4.69, 9.17) is 9.84 Å². The predicted molar refractivity (Wildman–Crippen MR) is 142 cm³/mol. The van der Waals surface area contributed by atoms with E-state index < -0.39 is 24.0 Å². The van der Waals surface area contributed by atoms with Crippen molar-refractivity contribution in [2.24, 2.45) is 0 Å². The molecule has 8 heteroatoms. The molecule has 1 aliphatic rings. The molecular weight excluding hydrogens is 559 g/mol. The molecule has 3 aromatic rings. The number of aliphatic carboxylic acids is 1. The van der Waals surface area contributed by atoms with Crippen LogP contribution in [0.1, 0.15) is 47.2 Å². The highest BCUT2D eigenvalue weighted by atomic mass is 127. The van der Waals surface area contributed by atoms with Crippen LogP contribution in [0.25, 0.3) is 11.1 Å². The molecular formula is C27H25IN2O5. The predicted octanol–water partition coefficient (Wildman–Crippen LogP) is 5.64. The van der Waals surface area contributed by atoms with Gasteiger partial charge in [0.1, 0.15) is 6.61 Å². The van der Waals surface area contributed by atoms with Crippen LogP contribution < -0.4 is 10.6 Å². The van der Waals surface area contributed by atoms with Gasteiger partial charge in [-0.25, -0.2) is 4.79 Å². The number of halogens is 1. The molecule has 1 atom stereocenters. The molecule has 1 aliphatic carbocycles. The maximum absolute atomic E-state index is 12.7. The summed E-state index contributed by atoms with van der Waals surface area (Å²) in [5, 5.41) is 14.5. The van der Waals surface area contributed by atoms with E-state index in [-0.39, 0.29) is 18.9 Å². The Morgan fingerprint density at radius 1 is 1.00 bits per heavy atom. The highest BCUT2D eigenvalue weighted by Crippen LogP contribution is 2.44. The number of hydrogen-bond donors (Lipinski definition) is 3. The third-order valence-electron chi connectivity index (χ3n) is 6.00. The monoisotopic (exact) mass is 584 g/mol. The van der Waals surface area contributed by atoms with E-state index in [0.29, 0.717) is 17.7 Å². The zero-order valence-corrected chi connectivity index (χ0v) is 21.2. The summed E-state index contributed by atoms with van der Waals surface area (Å²) in [6.45, 7) is 2.00. The van der Waals surface area contributed by atoms with Crippen molar-refractivity contribution in [3.8, 4) is 11.1 Å². The molecule has 3 N–H and O–H groups in total. The molecule has 2 amide bonds. The number of benzene rings is 3. The van der Waals surface area contributed by atoms with Crippen molar-refractivity contribution in [3.63, 3.8) is 0 Å². The largest absolute Gasteiger partial charge is 0.481 e. The van der Waals surface area contributed by atoms with Crippen LogP contribution in [0.15, 0.2) is 66.7 Å². The summed E-state index contributed by atoms with van der Waals surface area (Å²) >= 11 is 2.06. The first-order valence-corrected chi connectivity index (χ1v) is 12.4. The fourth-order valence-electron chi connectivity index (χ4n) is 4.32. The van der Waals surface area contributed by atoms with Crippen LogP contribution in [0.2, 0.25) is 0 Å². The van der Waals surface area contributed by atoms with Crippen molar-refractivity contribution in [2.75, 3.05) is 11.9 Å². The number of ether oxygens (including phenoxy) is 1. The Balaban J connectivity index is 1.42. The summed E-state index contributed by atoms with van der Waals surface area (Å²) in [5.74, 6) is -1.42. The van der Waals surface area contributed by atoms with Crippen LogP contribution in [-0.4, -0.2) is 35.7 Å². The average Bonchev–Trinajstić information content (AvgIpc) is 3.15. The molecule has 0 aliphatic heterocycles. The first-order chi connectivity index (χ1) is 16.9. The number of carboxylic acid groups (broad SMARTS) is 1. The topological polar surface area (TPSA) is 105 Å². The molecule has 0 aromatic heterocycles. The first-order valence-electron chi connectivity index (χ1n) is 11.3. The highest BCUT2D eigenvalue weighted by Gasteiger charge is 2.29. The fraction of sp³-hybridized carbons (Fsp3) is 0.222. The molecule has 0 bridgehead atoms. The minimum Gasteiger partial charge on any atom is -0.481 e. The molecule has 0 heterocycles. The SMILES string of the molecule is CC[C@H](CC(=O)O)NC(=O)c1cc(I)cc(NC(=O)OCC2c3ccccc3-c3ccccc32)c1. The van der Waals surface area contributed by atoms with E-state index in [1.54, 1.807) is 18.2 Å². The van der Waals surface area contributed by atoms with Gasteiger partial charge in [-0.2, -0.15) is 0 Å². The first kappa shape index (κ1) is 24.7. The van der Waals surface area contributed by atoms with Gasteiger partial charge in [0.25, 0.3) is 5.91 Å². The van der Waals surface area contributed by atoms with Gasteiger partial charge in [-0.3, -0.25) is 14.9 Å². The second-order valence-corrected chi connectivity index (χ2v) is 9.60. The van der Waals surface area contributed by atoms with Crippen LogP contribution >= 0.6 is 22.6 Å². The summed E-state index contributed by atoms with van der Waals surface area (Å²) < 4.78 is 6.34. The molecule has 0 radical (unpaired) electrons. The van der Waals surface area contributed by atoms with E-state index in [0.717, 1.165) is 25.8 Å². The normalized spacial score (nSPS) is 12.9. The lowest BCUT2D eigenvalue weighted by atomic mass is 9.98. The number of carboxylic acids is 1. The molecule has 3 aromatic carbocycles. The third-order valence-corrected chi connectivity index (χ3v) is 6.62. The maximum Gasteiger partial charge on any atom is 0.411 e. The van der Waals surface area contributed by atoms with Crippen LogP contribution in [-0.2, 0) is 9.53 Å². The van der Waals surface area contributed by atoms with E-state index in [9.17, 15) is 14.4 Å². The second-order valence-electron chi connectivity index (χ2n) is 8.36. The third kappa shape index (κ3) is 5.82. The summed E-state index contributed by atoms with van der Waals surface area (Å²) in [6.07, 6.45) is -0.276. The van der Waals surface area contributed by atoms with Crippen molar-refractivity contribution < 1.29 is 24.2 Å². The van der Waals surface area contributed by atoms with Gasteiger partial charge in [-0.1, -0.05) is 55.5 Å². The quantitative estimate of drug-likeness (QED) is 0.298. The second kappa shape index (κ2) is 10.9. The van der Waals surface area contributed by atoms with Crippen LogP contribution in [0, 0.1) is 3.57 Å². The van der Waals surface area contributed by atoms with Crippen molar-refractivity contribution in [3.05, 3.63) is 87.0 Å². The van der Waals surface area contributed by atoms with Gasteiger partial charge in [0.15, 0.2) is 0 Å². The smallest absolute Gasteiger partial charge is 0.411 e. The summed E-state index contributed by atoms with van der Waals surface area (Å²) in [6, 6.07) is 20.7. The van der Waals surface area contributed by atoms with E-state index >= 15 is 0 Å². The lowest BCUT2D eigenvalue weighted by Gasteiger charge is -2.16. The van der Waals surface area contributed by atoms with Crippen LogP contribution in [0.3, 0.4) is 0 Å². The van der Waals surface area contributed by atoms with Crippen LogP contribution in [0.5, 0.6) is 0 Å². The van der Waals surface area contributed by atoms with Gasteiger partial charge in [0.2, 0.25) is 0 Å². The lowest BCUT2D eigenvalue weighted by molar-refractivity contribution is -0.137. The molecule has 0 spiro atoms. The Kier molecular flexibility index (Phi) is 7.70. The summed E-state index contributed by atoms with van der Waals surface area (Å²) in [5.41, 5.74) is 5.31. The van der Waals surface area contributed by atoms with Gasteiger partial charge in [0, 0.05) is 26.8 Å². The number of carbonyl (C=O) groups excluding carboxylic acids is 2. The van der Waals surface area contributed by atoms with Crippen molar-refractivity contribution >= 4 is 46.2 Å². The number of carbonyl (C=O) groups is 3. The minimum atomic E-state index is -0.975. The molecule has 4 rings (SSSR count). The van der Waals surface area contributed by atoms with Gasteiger partial charge in [-0.05, 0) is 69.5 Å². The van der Waals surface area contributed by atoms with E-state index in [2.05, 4.69) is 57.5 Å². The van der Waals surface area contributed by atoms with Crippen LogP contribution in [0.4, 0.5) is 10.5 Å². The zero-order chi connectivity index (χ0) is 24.9. The average molecular weight is 584 g/mol. The Morgan fingerprint density at radius 2 is 1.63 bits per heavy atom. The maximum atomic E-state index is 12.7. The molecule has 35 heavy (non-hydrogen) atoms. The fourth-order valence-corrected chi connectivity index (χ4v) is 4.99. The molecule has 0 unspecified atom stereocenters. The van der Waals surface area contributed by atoms with Crippen molar-refractivity contribution in [2.45, 2.75) is 31.7 Å². The van der Waals surface area contributed by atoms with Crippen molar-refractivity contribution in [1.29, 1.82) is 0 Å². The van der Waals surface area contributed by atoms with Crippen molar-refractivity contribution in [1.82, 2.24) is 5.32 Å². The Labute approximate surface area is 217 Å². The van der Waals surface area contributed by atoms with Gasteiger partial charge in [0.05, 0.1) is 6.42 Å². The number of nitrogens with one attached hydrogen (secondary N) is 2. The Morgan fingerprint density at radius 3 is 2.23 bits per heavy atom. The standard InChI is InChI=1S/C27H25IN2O5/c1-2-18(14-25(31)32)29-26(33)16-11-17(28)13-19(12-16)30-27(34)35-15-24-22-9-5-3-7-20(22)21-8-4-6-10-23(21)24/h3-13,18,24H,2,14-15H2,1H3,(H,29,33)(H,30,34)(H,31,32)/t18-/m1/s1. The molecule has 0 saturated heterocycles. The zero-order valence-electron chi connectivity index (χ0n) is 19.1. The number of hydrogen-bond acceptors (Lipinski definition) is 4.